The van der Waals surface area contributed by atoms with Crippen molar-refractivity contribution < 1.29 is 13.9 Å². The van der Waals surface area contributed by atoms with E-state index in [4.69, 9.17) is 9.15 Å². The molecule has 10 heteroatoms. The number of fused-ring (bicyclic) bond motifs is 3. The van der Waals surface area contributed by atoms with E-state index >= 15 is 0 Å². The molecule has 0 saturated carbocycles. The van der Waals surface area contributed by atoms with Crippen molar-refractivity contribution in [1.29, 1.82) is 0 Å². The summed E-state index contributed by atoms with van der Waals surface area (Å²) in [6.45, 7) is 3.70. The molecule has 0 fully saturated rings. The monoisotopic (exact) mass is 385 g/mol. The Hall–Kier alpha value is -3.56. The average molecular weight is 385 g/mol. The minimum atomic E-state index is -0.645. The van der Waals surface area contributed by atoms with Crippen LogP contribution >= 0.6 is 0 Å². The quantitative estimate of drug-likeness (QED) is 0.467. The molecule has 0 aliphatic rings. The maximum absolute atomic E-state index is 13.0. The molecule has 0 N–H and O–H groups in total. The van der Waals surface area contributed by atoms with E-state index in [1.807, 2.05) is 17.6 Å². The molecule has 0 aliphatic carbocycles. The Labute approximate surface area is 158 Å². The Morgan fingerprint density at radius 2 is 2.07 bits per heavy atom. The van der Waals surface area contributed by atoms with Crippen LogP contribution in [0.25, 0.3) is 16.9 Å². The number of rotatable bonds is 5. The molecule has 0 atom stereocenters. The first-order chi connectivity index (χ1) is 13.4. The van der Waals surface area contributed by atoms with Crippen molar-refractivity contribution in [3.63, 3.8) is 0 Å². The first-order valence-electron chi connectivity index (χ1n) is 8.78. The first kappa shape index (κ1) is 17.8. The highest BCUT2D eigenvalue weighted by molar-refractivity contribution is 5.76. The summed E-state index contributed by atoms with van der Waals surface area (Å²) in [5.74, 6) is 0.597. The third-order valence-electron chi connectivity index (χ3n) is 4.63. The van der Waals surface area contributed by atoms with E-state index in [-0.39, 0.29) is 17.8 Å². The van der Waals surface area contributed by atoms with Crippen LogP contribution in [0.3, 0.4) is 0 Å². The van der Waals surface area contributed by atoms with Gasteiger partial charge >= 0.3 is 11.7 Å². The predicted molar refractivity (Wildman–Crippen MR) is 99.4 cm³/mol. The number of nitrogens with zero attached hydrogens (tertiary/aromatic N) is 5. The summed E-state index contributed by atoms with van der Waals surface area (Å²) in [5.41, 5.74) is 0.126. The highest BCUT2D eigenvalue weighted by Crippen LogP contribution is 2.18. The number of esters is 1. The fourth-order valence-electron chi connectivity index (χ4n) is 3.28. The molecule has 0 radical (unpaired) electrons. The fraction of sp³-hybridized carbons (Fsp3) is 0.333. The SMILES string of the molecule is CCOC(=O)Cn1c(=O)c2c(nc3n(Cc4ccco4)c(C)cn23)n(C)c1=O. The summed E-state index contributed by atoms with van der Waals surface area (Å²) in [6.07, 6.45) is 3.36. The van der Waals surface area contributed by atoms with Gasteiger partial charge < -0.3 is 13.7 Å². The van der Waals surface area contributed by atoms with Gasteiger partial charge in [-0.2, -0.15) is 4.98 Å². The van der Waals surface area contributed by atoms with Gasteiger partial charge in [0, 0.05) is 18.9 Å². The van der Waals surface area contributed by atoms with Crippen molar-refractivity contribution >= 4 is 22.9 Å². The van der Waals surface area contributed by atoms with E-state index in [9.17, 15) is 14.4 Å². The standard InChI is InChI=1S/C18H19N5O5/c1-4-27-13(24)10-23-16(25)14-15(20(3)18(23)26)19-17-21(11(2)8-22(14)17)9-12-6-5-7-28-12/h5-8H,4,9-10H2,1-3H3. The molecule has 146 valence electrons. The summed E-state index contributed by atoms with van der Waals surface area (Å²) in [4.78, 5) is 42.0. The molecule has 0 unspecified atom stereocenters. The lowest BCUT2D eigenvalue weighted by molar-refractivity contribution is -0.143. The van der Waals surface area contributed by atoms with Crippen LogP contribution in [0.2, 0.25) is 0 Å². The van der Waals surface area contributed by atoms with Gasteiger partial charge in [-0.25, -0.2) is 9.36 Å². The maximum Gasteiger partial charge on any atom is 0.333 e. The zero-order chi connectivity index (χ0) is 20.0. The van der Waals surface area contributed by atoms with Crippen molar-refractivity contribution in [2.75, 3.05) is 6.61 Å². The van der Waals surface area contributed by atoms with E-state index in [2.05, 4.69) is 4.98 Å². The summed E-state index contributed by atoms with van der Waals surface area (Å²) >= 11 is 0. The minimum Gasteiger partial charge on any atom is -0.467 e. The summed E-state index contributed by atoms with van der Waals surface area (Å²) in [7, 11) is 1.52. The Balaban J connectivity index is 1.95. The molecule has 4 rings (SSSR count). The molecule has 0 aromatic carbocycles. The van der Waals surface area contributed by atoms with E-state index in [0.29, 0.717) is 12.3 Å². The second-order valence-electron chi connectivity index (χ2n) is 6.43. The molecule has 4 heterocycles. The van der Waals surface area contributed by atoms with E-state index in [0.717, 1.165) is 16.0 Å². The number of aromatic nitrogens is 5. The van der Waals surface area contributed by atoms with E-state index in [1.165, 1.54) is 11.6 Å². The van der Waals surface area contributed by atoms with Crippen molar-refractivity contribution in [2.45, 2.75) is 26.9 Å². The summed E-state index contributed by atoms with van der Waals surface area (Å²) in [6, 6.07) is 3.64. The van der Waals surface area contributed by atoms with Gasteiger partial charge in [-0.1, -0.05) is 0 Å². The zero-order valence-electron chi connectivity index (χ0n) is 15.7. The smallest absolute Gasteiger partial charge is 0.333 e. The lowest BCUT2D eigenvalue weighted by atomic mass is 10.4. The third-order valence-corrected chi connectivity index (χ3v) is 4.63. The van der Waals surface area contributed by atoms with Gasteiger partial charge in [0.1, 0.15) is 12.3 Å². The largest absolute Gasteiger partial charge is 0.467 e. The van der Waals surface area contributed by atoms with Crippen LogP contribution in [0.15, 0.2) is 38.6 Å². The number of carbonyl (C=O) groups is 1. The normalized spacial score (nSPS) is 11.5. The number of furan rings is 1. The van der Waals surface area contributed by atoms with Crippen LogP contribution in [0.4, 0.5) is 0 Å². The number of carbonyl (C=O) groups excluding carboxylic acids is 1. The Kier molecular flexibility index (Phi) is 4.17. The number of hydrogen-bond donors (Lipinski definition) is 0. The lowest BCUT2D eigenvalue weighted by Gasteiger charge is -2.07. The fourth-order valence-corrected chi connectivity index (χ4v) is 3.28. The maximum atomic E-state index is 13.0. The third kappa shape index (κ3) is 2.65. The van der Waals surface area contributed by atoms with E-state index < -0.39 is 23.8 Å². The van der Waals surface area contributed by atoms with Crippen LogP contribution in [0, 0.1) is 6.92 Å². The molecule has 0 amide bonds. The van der Waals surface area contributed by atoms with Crippen LogP contribution in [0.1, 0.15) is 18.4 Å². The highest BCUT2D eigenvalue weighted by atomic mass is 16.5. The first-order valence-corrected chi connectivity index (χ1v) is 8.78. The van der Waals surface area contributed by atoms with E-state index in [1.54, 1.807) is 29.9 Å². The second-order valence-corrected chi connectivity index (χ2v) is 6.43. The van der Waals surface area contributed by atoms with Crippen LogP contribution in [-0.2, 0) is 29.7 Å². The molecule has 4 aromatic rings. The number of aryl methyl sites for hydroxylation is 2. The Bertz CT molecular complexity index is 1300. The molecule has 28 heavy (non-hydrogen) atoms. The molecular weight excluding hydrogens is 366 g/mol. The van der Waals surface area contributed by atoms with Gasteiger partial charge in [0.25, 0.3) is 5.56 Å². The van der Waals surface area contributed by atoms with Crippen LogP contribution in [-0.4, -0.2) is 35.7 Å². The van der Waals surface area contributed by atoms with Crippen LogP contribution in [0.5, 0.6) is 0 Å². The van der Waals surface area contributed by atoms with Crippen molar-refractivity contribution in [1.82, 2.24) is 23.1 Å². The van der Waals surface area contributed by atoms with Crippen LogP contribution < -0.4 is 11.2 Å². The molecule has 0 saturated heterocycles. The number of hydrogen-bond acceptors (Lipinski definition) is 6. The molecular formula is C18H19N5O5. The van der Waals surface area contributed by atoms with Crippen molar-refractivity contribution in [3.8, 4) is 0 Å². The zero-order valence-corrected chi connectivity index (χ0v) is 15.7. The van der Waals surface area contributed by atoms with Gasteiger partial charge in [0.15, 0.2) is 11.2 Å². The molecule has 0 aliphatic heterocycles. The van der Waals surface area contributed by atoms with Crippen molar-refractivity contribution in [3.05, 3.63) is 56.9 Å². The highest BCUT2D eigenvalue weighted by Gasteiger charge is 2.21. The second kappa shape index (κ2) is 6.55. The number of imidazole rings is 2. The predicted octanol–water partition coefficient (Wildman–Crippen LogP) is 0.662. The van der Waals surface area contributed by atoms with Crippen molar-refractivity contribution in [2.24, 2.45) is 7.05 Å². The number of ether oxygens (including phenoxy) is 1. The van der Waals surface area contributed by atoms with Gasteiger partial charge in [-0.15, -0.1) is 0 Å². The van der Waals surface area contributed by atoms with Gasteiger partial charge in [-0.05, 0) is 26.0 Å². The van der Waals surface area contributed by atoms with Gasteiger partial charge in [0.2, 0.25) is 5.78 Å². The Morgan fingerprint density at radius 1 is 1.29 bits per heavy atom. The molecule has 10 nitrogen and oxygen atoms in total. The summed E-state index contributed by atoms with van der Waals surface area (Å²) < 4.78 is 15.9. The topological polar surface area (TPSA) is 106 Å². The van der Waals surface area contributed by atoms with Gasteiger partial charge in [-0.3, -0.25) is 18.6 Å². The molecule has 4 aromatic heterocycles. The Morgan fingerprint density at radius 3 is 2.75 bits per heavy atom. The molecule has 0 bridgehead atoms. The summed E-state index contributed by atoms with van der Waals surface area (Å²) in [5, 5.41) is 0. The lowest BCUT2D eigenvalue weighted by Crippen LogP contribution is -2.41. The molecule has 0 spiro atoms. The average Bonchev–Trinajstić information content (AvgIpc) is 3.35. The minimum absolute atomic E-state index is 0.169. The van der Waals surface area contributed by atoms with Gasteiger partial charge in [0.05, 0.1) is 19.4 Å².